The first-order valence-corrected chi connectivity index (χ1v) is 11.8. The first-order valence-electron chi connectivity index (χ1n) is 11.0. The summed E-state index contributed by atoms with van der Waals surface area (Å²) in [6.07, 6.45) is 2.07. The zero-order valence-corrected chi connectivity index (χ0v) is 18.5. The highest BCUT2D eigenvalue weighted by molar-refractivity contribution is 7.17. The molecule has 31 heavy (non-hydrogen) atoms. The number of hydrogen-bond acceptors (Lipinski definition) is 5. The number of benzene rings is 2. The van der Waals surface area contributed by atoms with Gasteiger partial charge in [-0.3, -0.25) is 9.69 Å². The lowest BCUT2D eigenvalue weighted by molar-refractivity contribution is 0.0146. The summed E-state index contributed by atoms with van der Waals surface area (Å²) >= 11 is 1.80. The van der Waals surface area contributed by atoms with Gasteiger partial charge in [0.1, 0.15) is 5.75 Å². The van der Waals surface area contributed by atoms with Crippen molar-refractivity contribution in [2.24, 2.45) is 0 Å². The normalized spacial score (nSPS) is 16.1. The van der Waals surface area contributed by atoms with Crippen LogP contribution in [0.25, 0.3) is 21.0 Å². The smallest absolute Gasteiger partial charge is 0.248 e. The minimum atomic E-state index is -0.0912. The van der Waals surface area contributed by atoms with Gasteiger partial charge in [-0.05, 0) is 53.6 Å². The molecule has 2 aromatic heterocycles. The van der Waals surface area contributed by atoms with Gasteiger partial charge in [0.2, 0.25) is 5.56 Å². The van der Waals surface area contributed by atoms with Gasteiger partial charge in [-0.15, -0.1) is 11.3 Å². The number of rotatable bonds is 6. The summed E-state index contributed by atoms with van der Waals surface area (Å²) in [6.45, 7) is 6.11. The fourth-order valence-electron chi connectivity index (χ4n) is 4.43. The molecule has 1 aliphatic heterocycles. The lowest BCUT2D eigenvalue weighted by atomic mass is 10.1. The second kappa shape index (κ2) is 8.73. The van der Waals surface area contributed by atoms with Gasteiger partial charge in [-0.2, -0.15) is 0 Å². The van der Waals surface area contributed by atoms with Crippen LogP contribution in [0.5, 0.6) is 5.75 Å². The molecular formula is C25H27N3O2S. The second-order valence-corrected chi connectivity index (χ2v) is 9.01. The van der Waals surface area contributed by atoms with Crippen molar-refractivity contribution < 1.29 is 4.74 Å². The fraction of sp³-hybridized carbons (Fsp3) is 0.320. The van der Waals surface area contributed by atoms with Gasteiger partial charge in [0.15, 0.2) is 6.23 Å². The highest BCUT2D eigenvalue weighted by Gasteiger charge is 2.25. The maximum atomic E-state index is 11.7. The quantitative estimate of drug-likeness (QED) is 0.461. The van der Waals surface area contributed by atoms with Crippen LogP contribution in [0.15, 0.2) is 64.8 Å². The van der Waals surface area contributed by atoms with Crippen molar-refractivity contribution in [1.29, 1.82) is 0 Å². The van der Waals surface area contributed by atoms with Crippen LogP contribution >= 0.6 is 11.3 Å². The van der Waals surface area contributed by atoms with Crippen molar-refractivity contribution in [3.8, 4) is 5.75 Å². The van der Waals surface area contributed by atoms with E-state index in [9.17, 15) is 4.79 Å². The summed E-state index contributed by atoms with van der Waals surface area (Å²) in [5.41, 5.74) is 2.06. The van der Waals surface area contributed by atoms with Crippen molar-refractivity contribution in [1.82, 2.24) is 9.88 Å². The zero-order chi connectivity index (χ0) is 21.2. The number of aromatic amines is 1. The van der Waals surface area contributed by atoms with Gasteiger partial charge in [-0.1, -0.05) is 19.4 Å². The van der Waals surface area contributed by atoms with Crippen LogP contribution in [0.3, 0.4) is 0 Å². The number of nitrogens with zero attached hydrogens (tertiary/aromatic N) is 2. The number of thiophene rings is 1. The third-order valence-corrected chi connectivity index (χ3v) is 6.92. The molecule has 160 valence electrons. The molecule has 5 nitrogen and oxygen atoms in total. The molecule has 6 heteroatoms. The van der Waals surface area contributed by atoms with Gasteiger partial charge in [-0.25, -0.2) is 0 Å². The van der Waals surface area contributed by atoms with E-state index in [1.165, 1.54) is 15.8 Å². The molecule has 1 aliphatic rings. The molecule has 0 bridgehead atoms. The van der Waals surface area contributed by atoms with Crippen LogP contribution in [-0.2, 0) is 0 Å². The molecule has 1 unspecified atom stereocenters. The van der Waals surface area contributed by atoms with Crippen molar-refractivity contribution >= 4 is 38.0 Å². The van der Waals surface area contributed by atoms with Crippen molar-refractivity contribution in [2.75, 3.05) is 31.1 Å². The van der Waals surface area contributed by atoms with Crippen LogP contribution < -0.4 is 15.2 Å². The molecule has 0 aliphatic carbocycles. The number of pyridine rings is 1. The van der Waals surface area contributed by atoms with Crippen molar-refractivity contribution in [2.45, 2.75) is 26.0 Å². The minimum absolute atomic E-state index is 0.0389. The van der Waals surface area contributed by atoms with E-state index in [1.807, 2.05) is 24.3 Å². The third kappa shape index (κ3) is 4.18. The van der Waals surface area contributed by atoms with Gasteiger partial charge in [0, 0.05) is 54.1 Å². The van der Waals surface area contributed by atoms with Crippen LogP contribution in [0.2, 0.25) is 0 Å². The Kier molecular flexibility index (Phi) is 5.66. The standard InChI is InChI=1S/C25H27N3O2S/c1-2-4-25(30-19-9-7-18-8-10-24(29)26-21(18)17-19)28-14-12-27(13-15-28)22-5-3-6-23-20(22)11-16-31-23/h3,5-11,16-17,25H,2,4,12-15H2,1H3,(H,26,29). The van der Waals surface area contributed by atoms with Gasteiger partial charge >= 0.3 is 0 Å². The molecule has 2 aromatic carbocycles. The number of aromatic nitrogens is 1. The van der Waals surface area contributed by atoms with E-state index in [4.69, 9.17) is 4.74 Å². The molecule has 1 N–H and O–H groups in total. The molecule has 1 fully saturated rings. The zero-order valence-electron chi connectivity index (χ0n) is 17.7. The van der Waals surface area contributed by atoms with E-state index in [-0.39, 0.29) is 11.8 Å². The summed E-state index contributed by atoms with van der Waals surface area (Å²) in [5.74, 6) is 0.804. The second-order valence-electron chi connectivity index (χ2n) is 8.07. The van der Waals surface area contributed by atoms with E-state index in [0.717, 1.165) is 55.7 Å². The number of hydrogen-bond donors (Lipinski definition) is 1. The van der Waals surface area contributed by atoms with E-state index >= 15 is 0 Å². The molecule has 0 spiro atoms. The Bertz CT molecular complexity index is 1240. The molecular weight excluding hydrogens is 406 g/mol. The Labute approximate surface area is 185 Å². The SMILES string of the molecule is CCCC(Oc1ccc2ccc(=O)[nH]c2c1)N1CCN(c2cccc3sccc23)CC1. The van der Waals surface area contributed by atoms with E-state index in [1.54, 1.807) is 17.4 Å². The maximum Gasteiger partial charge on any atom is 0.248 e. The Hall–Kier alpha value is -2.83. The third-order valence-electron chi connectivity index (χ3n) is 6.04. The highest BCUT2D eigenvalue weighted by Crippen LogP contribution is 2.31. The number of fused-ring (bicyclic) bond motifs is 2. The molecule has 5 rings (SSSR count). The Morgan fingerprint density at radius 3 is 2.74 bits per heavy atom. The lowest BCUT2D eigenvalue weighted by Crippen LogP contribution is -2.52. The molecule has 4 aromatic rings. The fourth-order valence-corrected chi connectivity index (χ4v) is 5.23. The first kappa shape index (κ1) is 20.1. The van der Waals surface area contributed by atoms with E-state index < -0.39 is 0 Å². The number of H-pyrrole nitrogens is 1. The van der Waals surface area contributed by atoms with Gasteiger partial charge in [0.25, 0.3) is 0 Å². The number of piperazine rings is 1. The summed E-state index contributed by atoms with van der Waals surface area (Å²) in [7, 11) is 0. The molecule has 3 heterocycles. The molecule has 0 amide bonds. The van der Waals surface area contributed by atoms with Crippen molar-refractivity contribution in [3.05, 3.63) is 70.3 Å². The van der Waals surface area contributed by atoms with E-state index in [0.29, 0.717) is 0 Å². The van der Waals surface area contributed by atoms with Gasteiger partial charge < -0.3 is 14.6 Å². The highest BCUT2D eigenvalue weighted by atomic mass is 32.1. The van der Waals surface area contributed by atoms with E-state index in [2.05, 4.69) is 51.4 Å². The number of anilines is 1. The Morgan fingerprint density at radius 2 is 1.90 bits per heavy atom. The van der Waals surface area contributed by atoms with Crippen LogP contribution in [0, 0.1) is 0 Å². The predicted octanol–water partition coefficient (Wildman–Crippen LogP) is 5.07. The summed E-state index contributed by atoms with van der Waals surface area (Å²) < 4.78 is 7.78. The Balaban J connectivity index is 1.30. The largest absolute Gasteiger partial charge is 0.475 e. The molecule has 1 saturated heterocycles. The average Bonchev–Trinajstić information content (AvgIpc) is 3.28. The number of nitrogens with one attached hydrogen (secondary N) is 1. The predicted molar refractivity (Wildman–Crippen MR) is 130 cm³/mol. The Morgan fingerprint density at radius 1 is 1.06 bits per heavy atom. The average molecular weight is 434 g/mol. The minimum Gasteiger partial charge on any atom is -0.475 e. The van der Waals surface area contributed by atoms with Crippen LogP contribution in [0.1, 0.15) is 19.8 Å². The monoisotopic (exact) mass is 433 g/mol. The lowest BCUT2D eigenvalue weighted by Gasteiger charge is -2.40. The number of ether oxygens (including phenoxy) is 1. The summed E-state index contributed by atoms with van der Waals surface area (Å²) in [4.78, 5) is 19.5. The maximum absolute atomic E-state index is 11.7. The summed E-state index contributed by atoms with van der Waals surface area (Å²) in [5, 5.41) is 4.54. The van der Waals surface area contributed by atoms with Crippen LogP contribution in [-0.4, -0.2) is 42.3 Å². The van der Waals surface area contributed by atoms with Gasteiger partial charge in [0.05, 0.1) is 5.52 Å². The molecule has 1 atom stereocenters. The first-order chi connectivity index (χ1) is 15.2. The molecule has 0 saturated carbocycles. The summed E-state index contributed by atoms with van der Waals surface area (Å²) in [6, 6.07) is 18.2. The van der Waals surface area contributed by atoms with Crippen LogP contribution in [0.4, 0.5) is 5.69 Å². The topological polar surface area (TPSA) is 48.6 Å². The van der Waals surface area contributed by atoms with Crippen molar-refractivity contribution in [3.63, 3.8) is 0 Å². The molecule has 0 radical (unpaired) electrons.